The van der Waals surface area contributed by atoms with Crippen LogP contribution in [0.15, 0.2) is 0 Å². The van der Waals surface area contributed by atoms with E-state index < -0.39 is 10.0 Å². The smallest absolute Gasteiger partial charge is 0.211 e. The molecule has 1 N–H and O–H groups in total. The van der Waals surface area contributed by atoms with Gasteiger partial charge in [0, 0.05) is 6.54 Å². The fourth-order valence-corrected chi connectivity index (χ4v) is 2.43. The molecule has 0 aromatic carbocycles. The molecule has 0 bridgehead atoms. The molecule has 0 amide bonds. The minimum atomic E-state index is -2.99. The molecule has 0 atom stereocenters. The van der Waals surface area contributed by atoms with Crippen LogP contribution in [0, 0.1) is 5.41 Å². The van der Waals surface area contributed by atoms with Gasteiger partial charge in [0.25, 0.3) is 0 Å². The van der Waals surface area contributed by atoms with Gasteiger partial charge in [-0.1, -0.05) is 13.3 Å². The SMILES string of the molecule is CCC1(CNS(=O)(=O)CC)CCC1. The predicted octanol–water partition coefficient (Wildman–Crippen LogP) is 1.51. The van der Waals surface area contributed by atoms with Crippen LogP contribution in [0.1, 0.15) is 39.5 Å². The van der Waals surface area contributed by atoms with Gasteiger partial charge in [0.15, 0.2) is 0 Å². The molecule has 1 fully saturated rings. The first-order valence-electron chi connectivity index (χ1n) is 5.01. The van der Waals surface area contributed by atoms with Gasteiger partial charge in [0.2, 0.25) is 10.0 Å². The second kappa shape index (κ2) is 3.96. The van der Waals surface area contributed by atoms with Gasteiger partial charge in [-0.2, -0.15) is 0 Å². The lowest BCUT2D eigenvalue weighted by Gasteiger charge is -2.41. The highest BCUT2D eigenvalue weighted by molar-refractivity contribution is 7.89. The van der Waals surface area contributed by atoms with E-state index in [-0.39, 0.29) is 11.2 Å². The Hall–Kier alpha value is -0.0900. The maximum absolute atomic E-state index is 11.2. The van der Waals surface area contributed by atoms with Crippen LogP contribution in [0.25, 0.3) is 0 Å². The Morgan fingerprint density at radius 2 is 1.92 bits per heavy atom. The summed E-state index contributed by atoms with van der Waals surface area (Å²) in [5.41, 5.74) is 0.280. The molecule has 1 saturated carbocycles. The molecular weight excluding hydrogens is 186 g/mol. The van der Waals surface area contributed by atoms with Crippen molar-refractivity contribution in [3.05, 3.63) is 0 Å². The van der Waals surface area contributed by atoms with Gasteiger partial charge in [0.1, 0.15) is 0 Å². The summed E-state index contributed by atoms with van der Waals surface area (Å²) in [5.74, 6) is 0.187. The minimum Gasteiger partial charge on any atom is -0.215 e. The Labute approximate surface area is 81.0 Å². The molecule has 0 saturated heterocycles. The van der Waals surface area contributed by atoms with Crippen LogP contribution in [-0.4, -0.2) is 20.7 Å². The molecule has 1 aliphatic carbocycles. The van der Waals surface area contributed by atoms with E-state index in [1.807, 2.05) is 0 Å². The molecule has 13 heavy (non-hydrogen) atoms. The molecule has 0 heterocycles. The lowest BCUT2D eigenvalue weighted by atomic mass is 9.67. The molecule has 1 aliphatic rings. The van der Waals surface area contributed by atoms with E-state index in [0.29, 0.717) is 6.54 Å². The van der Waals surface area contributed by atoms with Crippen molar-refractivity contribution in [1.82, 2.24) is 4.72 Å². The largest absolute Gasteiger partial charge is 0.215 e. The summed E-state index contributed by atoms with van der Waals surface area (Å²) in [5, 5.41) is 0. The molecule has 0 aromatic rings. The van der Waals surface area contributed by atoms with Crippen molar-refractivity contribution < 1.29 is 8.42 Å². The van der Waals surface area contributed by atoms with Gasteiger partial charge in [0.05, 0.1) is 5.75 Å². The number of hydrogen-bond acceptors (Lipinski definition) is 2. The second-order valence-corrected chi connectivity index (χ2v) is 6.03. The molecule has 0 aromatic heterocycles. The quantitative estimate of drug-likeness (QED) is 0.739. The van der Waals surface area contributed by atoms with Gasteiger partial charge < -0.3 is 0 Å². The lowest BCUT2D eigenvalue weighted by molar-refractivity contribution is 0.133. The van der Waals surface area contributed by atoms with E-state index in [9.17, 15) is 8.42 Å². The maximum atomic E-state index is 11.2. The molecule has 78 valence electrons. The summed E-state index contributed by atoms with van der Waals surface area (Å²) in [6.07, 6.45) is 4.69. The van der Waals surface area contributed by atoms with E-state index in [1.165, 1.54) is 19.3 Å². The number of sulfonamides is 1. The van der Waals surface area contributed by atoms with Crippen molar-refractivity contribution in [3.8, 4) is 0 Å². The zero-order chi connectivity index (χ0) is 9.95. The molecular formula is C9H19NO2S. The van der Waals surface area contributed by atoms with Crippen molar-refractivity contribution in [2.75, 3.05) is 12.3 Å². The van der Waals surface area contributed by atoms with Crippen LogP contribution in [0.3, 0.4) is 0 Å². The highest BCUT2D eigenvalue weighted by atomic mass is 32.2. The third-order valence-electron chi connectivity index (χ3n) is 3.21. The Morgan fingerprint density at radius 1 is 1.31 bits per heavy atom. The summed E-state index contributed by atoms with van der Waals surface area (Å²) < 4.78 is 25.1. The molecule has 1 rings (SSSR count). The maximum Gasteiger partial charge on any atom is 0.211 e. The number of nitrogens with one attached hydrogen (secondary N) is 1. The van der Waals surface area contributed by atoms with Crippen molar-refractivity contribution >= 4 is 10.0 Å². The van der Waals surface area contributed by atoms with Gasteiger partial charge in [-0.05, 0) is 31.6 Å². The first-order chi connectivity index (χ1) is 6.04. The minimum absolute atomic E-state index is 0.187. The first kappa shape index (κ1) is 11.0. The monoisotopic (exact) mass is 205 g/mol. The van der Waals surface area contributed by atoms with Crippen molar-refractivity contribution in [3.63, 3.8) is 0 Å². The van der Waals surface area contributed by atoms with Crippen LogP contribution in [0.5, 0.6) is 0 Å². The van der Waals surface area contributed by atoms with Crippen LogP contribution in [0.2, 0.25) is 0 Å². The summed E-state index contributed by atoms with van der Waals surface area (Å²) in [4.78, 5) is 0. The average Bonchev–Trinajstić information content (AvgIpc) is 2.03. The zero-order valence-corrected chi connectivity index (χ0v) is 9.28. The highest BCUT2D eigenvalue weighted by Gasteiger charge is 2.35. The van der Waals surface area contributed by atoms with Crippen molar-refractivity contribution in [1.29, 1.82) is 0 Å². The average molecular weight is 205 g/mol. The molecule has 0 unspecified atom stereocenters. The van der Waals surface area contributed by atoms with Gasteiger partial charge >= 0.3 is 0 Å². The van der Waals surface area contributed by atoms with Crippen LogP contribution < -0.4 is 4.72 Å². The van der Waals surface area contributed by atoms with Crippen LogP contribution >= 0.6 is 0 Å². The Kier molecular flexibility index (Phi) is 3.35. The third kappa shape index (κ3) is 2.68. The Morgan fingerprint density at radius 3 is 2.23 bits per heavy atom. The zero-order valence-electron chi connectivity index (χ0n) is 8.47. The van der Waals surface area contributed by atoms with E-state index >= 15 is 0 Å². The van der Waals surface area contributed by atoms with E-state index in [4.69, 9.17) is 0 Å². The molecule has 0 radical (unpaired) electrons. The summed E-state index contributed by atoms with van der Waals surface area (Å²) >= 11 is 0. The molecule has 0 aliphatic heterocycles. The van der Waals surface area contributed by atoms with Crippen molar-refractivity contribution in [2.24, 2.45) is 5.41 Å². The third-order valence-corrected chi connectivity index (χ3v) is 4.56. The Bertz CT molecular complexity index is 249. The van der Waals surface area contributed by atoms with Gasteiger partial charge in [-0.3, -0.25) is 0 Å². The summed E-state index contributed by atoms with van der Waals surface area (Å²) in [7, 11) is -2.99. The van der Waals surface area contributed by atoms with Crippen molar-refractivity contribution in [2.45, 2.75) is 39.5 Å². The Balaban J connectivity index is 2.41. The first-order valence-corrected chi connectivity index (χ1v) is 6.66. The fourth-order valence-electron chi connectivity index (χ4n) is 1.70. The lowest BCUT2D eigenvalue weighted by Crippen LogP contribution is -2.42. The van der Waals surface area contributed by atoms with Gasteiger partial charge in [-0.25, -0.2) is 13.1 Å². The van der Waals surface area contributed by atoms with E-state index in [0.717, 1.165) is 6.42 Å². The van der Waals surface area contributed by atoms with E-state index in [1.54, 1.807) is 6.92 Å². The van der Waals surface area contributed by atoms with E-state index in [2.05, 4.69) is 11.6 Å². The molecule has 3 nitrogen and oxygen atoms in total. The van der Waals surface area contributed by atoms with Crippen LogP contribution in [0.4, 0.5) is 0 Å². The predicted molar refractivity (Wildman–Crippen MR) is 54.0 cm³/mol. The number of rotatable bonds is 5. The van der Waals surface area contributed by atoms with Gasteiger partial charge in [-0.15, -0.1) is 0 Å². The fraction of sp³-hybridized carbons (Fsp3) is 1.00. The molecule has 4 heteroatoms. The second-order valence-electron chi connectivity index (χ2n) is 3.93. The summed E-state index contributed by atoms with van der Waals surface area (Å²) in [6.45, 7) is 4.45. The normalized spacial score (nSPS) is 21.1. The number of hydrogen-bond donors (Lipinski definition) is 1. The molecule has 0 spiro atoms. The highest BCUT2D eigenvalue weighted by Crippen LogP contribution is 2.43. The topological polar surface area (TPSA) is 46.2 Å². The van der Waals surface area contributed by atoms with Crippen LogP contribution in [-0.2, 0) is 10.0 Å². The standard InChI is InChI=1S/C9H19NO2S/c1-3-9(6-5-7-9)8-10-13(11,12)4-2/h10H,3-8H2,1-2H3. The summed E-state index contributed by atoms with van der Waals surface area (Å²) in [6, 6.07) is 0.